The predicted octanol–water partition coefficient (Wildman–Crippen LogP) is 1.64. The van der Waals surface area contributed by atoms with Gasteiger partial charge in [-0.2, -0.15) is 0 Å². The number of aldehydes is 1. The third kappa shape index (κ3) is 1.54. The zero-order valence-corrected chi connectivity index (χ0v) is 8.53. The van der Waals surface area contributed by atoms with Gasteiger partial charge < -0.3 is 9.53 Å². The van der Waals surface area contributed by atoms with Crippen molar-refractivity contribution < 1.29 is 14.3 Å². The Hall–Kier alpha value is -1.64. The Morgan fingerprint density at radius 3 is 2.93 bits per heavy atom. The molecule has 0 fully saturated rings. The summed E-state index contributed by atoms with van der Waals surface area (Å²) in [4.78, 5) is 22.5. The molecule has 0 spiro atoms. The van der Waals surface area contributed by atoms with Crippen LogP contribution in [0.15, 0.2) is 18.2 Å². The van der Waals surface area contributed by atoms with Gasteiger partial charge in [-0.25, -0.2) is 0 Å². The van der Waals surface area contributed by atoms with Crippen molar-refractivity contribution in [2.75, 3.05) is 7.11 Å². The molecular weight excluding hydrogens is 192 g/mol. The van der Waals surface area contributed by atoms with Gasteiger partial charge in [-0.3, -0.25) is 4.79 Å². The summed E-state index contributed by atoms with van der Waals surface area (Å²) in [6.07, 6.45) is 2.06. The van der Waals surface area contributed by atoms with Gasteiger partial charge >= 0.3 is 0 Å². The number of benzene rings is 1. The third-order valence-electron chi connectivity index (χ3n) is 2.82. The van der Waals surface area contributed by atoms with E-state index < -0.39 is 5.92 Å². The lowest BCUT2D eigenvalue weighted by atomic mass is 9.83. The molecular formula is C12H12O3. The lowest BCUT2D eigenvalue weighted by molar-refractivity contribution is -0.110. The molecule has 0 N–H and O–H groups in total. The maximum atomic E-state index is 11.8. The van der Waals surface area contributed by atoms with Gasteiger partial charge in [0.2, 0.25) is 0 Å². The summed E-state index contributed by atoms with van der Waals surface area (Å²) in [5, 5.41) is 0. The van der Waals surface area contributed by atoms with Crippen LogP contribution in [0.2, 0.25) is 0 Å². The van der Waals surface area contributed by atoms with E-state index in [-0.39, 0.29) is 5.78 Å². The Morgan fingerprint density at radius 1 is 1.47 bits per heavy atom. The van der Waals surface area contributed by atoms with Gasteiger partial charge in [0.15, 0.2) is 5.78 Å². The Bertz CT molecular complexity index is 409. The van der Waals surface area contributed by atoms with Crippen molar-refractivity contribution in [3.63, 3.8) is 0 Å². The molecule has 1 aliphatic rings. The minimum atomic E-state index is -0.468. The van der Waals surface area contributed by atoms with Crippen LogP contribution in [-0.2, 0) is 11.2 Å². The lowest BCUT2D eigenvalue weighted by Gasteiger charge is -2.21. The molecule has 1 aliphatic carbocycles. The van der Waals surface area contributed by atoms with Crippen molar-refractivity contribution >= 4 is 12.1 Å². The summed E-state index contributed by atoms with van der Waals surface area (Å²) in [5.41, 5.74) is 1.57. The molecule has 0 radical (unpaired) electrons. The number of ketones is 1. The van der Waals surface area contributed by atoms with Crippen LogP contribution in [0.3, 0.4) is 0 Å². The summed E-state index contributed by atoms with van der Waals surface area (Å²) >= 11 is 0. The highest BCUT2D eigenvalue weighted by molar-refractivity contribution is 6.07. The van der Waals surface area contributed by atoms with Crippen molar-refractivity contribution in [1.82, 2.24) is 0 Å². The average molecular weight is 204 g/mol. The highest BCUT2D eigenvalue weighted by Gasteiger charge is 2.28. The number of hydrogen-bond acceptors (Lipinski definition) is 3. The van der Waals surface area contributed by atoms with Crippen molar-refractivity contribution in [1.29, 1.82) is 0 Å². The summed E-state index contributed by atoms with van der Waals surface area (Å²) in [6, 6.07) is 5.38. The number of ether oxygens (including phenoxy) is 1. The molecule has 3 nitrogen and oxygen atoms in total. The number of carbonyl (C=O) groups excluding carboxylic acids is 2. The first-order chi connectivity index (χ1) is 7.27. The first-order valence-electron chi connectivity index (χ1n) is 4.93. The smallest absolute Gasteiger partial charge is 0.173 e. The number of methoxy groups -OCH3 is 1. The molecule has 1 aromatic rings. The average Bonchev–Trinajstić information content (AvgIpc) is 2.29. The highest BCUT2D eigenvalue weighted by atomic mass is 16.5. The molecule has 0 bridgehead atoms. The molecule has 15 heavy (non-hydrogen) atoms. The fourth-order valence-corrected chi connectivity index (χ4v) is 2.01. The van der Waals surface area contributed by atoms with Crippen LogP contribution >= 0.6 is 0 Å². The van der Waals surface area contributed by atoms with Crippen LogP contribution in [0.5, 0.6) is 5.75 Å². The minimum absolute atomic E-state index is 0.0786. The maximum Gasteiger partial charge on any atom is 0.173 e. The van der Waals surface area contributed by atoms with E-state index in [4.69, 9.17) is 4.74 Å². The largest absolute Gasteiger partial charge is 0.496 e. The Kier molecular flexibility index (Phi) is 2.54. The number of fused-ring (bicyclic) bond motifs is 1. The van der Waals surface area contributed by atoms with E-state index >= 15 is 0 Å². The molecule has 0 aliphatic heterocycles. The molecule has 0 saturated carbocycles. The molecule has 1 unspecified atom stereocenters. The fraction of sp³-hybridized carbons (Fsp3) is 0.333. The normalized spacial score (nSPS) is 19.5. The molecule has 1 atom stereocenters. The molecule has 0 heterocycles. The first kappa shape index (κ1) is 9.90. The zero-order chi connectivity index (χ0) is 10.8. The minimum Gasteiger partial charge on any atom is -0.496 e. The van der Waals surface area contributed by atoms with E-state index in [2.05, 4.69) is 0 Å². The van der Waals surface area contributed by atoms with Crippen LogP contribution in [0.4, 0.5) is 0 Å². The zero-order valence-electron chi connectivity index (χ0n) is 8.53. The lowest BCUT2D eigenvalue weighted by Crippen LogP contribution is -2.23. The summed E-state index contributed by atoms with van der Waals surface area (Å²) in [5.74, 6) is 0.194. The van der Waals surface area contributed by atoms with Gasteiger partial charge in [-0.1, -0.05) is 12.1 Å². The molecule has 78 valence electrons. The predicted molar refractivity (Wildman–Crippen MR) is 55.2 cm³/mol. The quantitative estimate of drug-likeness (QED) is 0.543. The van der Waals surface area contributed by atoms with E-state index in [1.165, 1.54) is 0 Å². The second-order valence-corrected chi connectivity index (χ2v) is 3.63. The Labute approximate surface area is 88.1 Å². The van der Waals surface area contributed by atoms with Crippen LogP contribution in [0.25, 0.3) is 0 Å². The monoisotopic (exact) mass is 204 g/mol. The third-order valence-corrected chi connectivity index (χ3v) is 2.82. The van der Waals surface area contributed by atoms with Gasteiger partial charge in [0.1, 0.15) is 12.0 Å². The van der Waals surface area contributed by atoms with Crippen molar-refractivity contribution in [3.8, 4) is 5.75 Å². The second-order valence-electron chi connectivity index (χ2n) is 3.63. The summed E-state index contributed by atoms with van der Waals surface area (Å²) < 4.78 is 5.19. The molecule has 1 aromatic carbocycles. The van der Waals surface area contributed by atoms with Gasteiger partial charge in [0.25, 0.3) is 0 Å². The first-order valence-corrected chi connectivity index (χ1v) is 4.93. The molecule has 3 heteroatoms. The van der Waals surface area contributed by atoms with Gasteiger partial charge in [0, 0.05) is 11.1 Å². The maximum absolute atomic E-state index is 11.8. The number of rotatable bonds is 2. The van der Waals surface area contributed by atoms with Crippen molar-refractivity contribution in [2.24, 2.45) is 5.92 Å². The molecule has 2 rings (SSSR count). The summed E-state index contributed by atoms with van der Waals surface area (Å²) in [7, 11) is 1.59. The van der Waals surface area contributed by atoms with E-state index in [0.29, 0.717) is 12.0 Å². The highest BCUT2D eigenvalue weighted by Crippen LogP contribution is 2.31. The SMILES string of the molecule is COc1cccc2c1CCC(C=O)C2=O. The summed E-state index contributed by atoms with van der Waals surface area (Å²) in [6.45, 7) is 0. The number of carbonyl (C=O) groups is 2. The fourth-order valence-electron chi connectivity index (χ4n) is 2.01. The number of Topliss-reactive ketones (excluding diaryl/α,β-unsaturated/α-hetero) is 1. The standard InChI is InChI=1S/C12H12O3/c1-15-11-4-2-3-10-9(11)6-5-8(7-13)12(10)14/h2-4,7-8H,5-6H2,1H3. The van der Waals surface area contributed by atoms with Gasteiger partial charge in [-0.15, -0.1) is 0 Å². The van der Waals surface area contributed by atoms with E-state index in [1.807, 2.05) is 6.07 Å². The molecule has 0 saturated heterocycles. The molecule has 0 aromatic heterocycles. The van der Waals surface area contributed by atoms with Crippen LogP contribution in [-0.4, -0.2) is 19.2 Å². The number of hydrogen-bond donors (Lipinski definition) is 0. The van der Waals surface area contributed by atoms with Crippen LogP contribution in [0, 0.1) is 5.92 Å². The van der Waals surface area contributed by atoms with E-state index in [9.17, 15) is 9.59 Å². The van der Waals surface area contributed by atoms with Gasteiger partial charge in [-0.05, 0) is 18.9 Å². The Balaban J connectivity index is 2.49. The van der Waals surface area contributed by atoms with Crippen LogP contribution in [0.1, 0.15) is 22.3 Å². The molecule has 0 amide bonds. The van der Waals surface area contributed by atoms with E-state index in [1.54, 1.807) is 19.2 Å². The topological polar surface area (TPSA) is 43.4 Å². The van der Waals surface area contributed by atoms with Crippen molar-refractivity contribution in [3.05, 3.63) is 29.3 Å². The second kappa shape index (κ2) is 3.85. The Morgan fingerprint density at radius 2 is 2.27 bits per heavy atom. The van der Waals surface area contributed by atoms with Gasteiger partial charge in [0.05, 0.1) is 13.0 Å². The van der Waals surface area contributed by atoms with E-state index in [0.717, 1.165) is 24.0 Å². The van der Waals surface area contributed by atoms with Crippen molar-refractivity contribution in [2.45, 2.75) is 12.8 Å². The van der Waals surface area contributed by atoms with Crippen LogP contribution < -0.4 is 4.74 Å².